The van der Waals surface area contributed by atoms with E-state index in [0.29, 0.717) is 10.0 Å². The second kappa shape index (κ2) is 6.41. The lowest BCUT2D eigenvalue weighted by molar-refractivity contribution is -0.270. The Balaban J connectivity index is 2.43. The van der Waals surface area contributed by atoms with Crippen molar-refractivity contribution in [3.8, 4) is 11.5 Å². The molecular weight excluding hydrogens is 338 g/mol. The van der Waals surface area contributed by atoms with E-state index in [2.05, 4.69) is 20.9 Å². The van der Waals surface area contributed by atoms with Crippen molar-refractivity contribution in [1.82, 2.24) is 0 Å². The number of para-hydroxylation sites is 1. The lowest BCUT2D eigenvalue weighted by Gasteiger charge is -2.15. The van der Waals surface area contributed by atoms with Crippen molar-refractivity contribution in [3.63, 3.8) is 0 Å². The molecule has 5 nitrogen and oxygen atoms in total. The van der Waals surface area contributed by atoms with E-state index in [4.69, 9.17) is 9.84 Å². The Hall–Kier alpha value is -2.34. The molecule has 21 heavy (non-hydrogen) atoms. The molecule has 0 aliphatic heterocycles. The van der Waals surface area contributed by atoms with E-state index >= 15 is 0 Å². The van der Waals surface area contributed by atoms with Gasteiger partial charge in [-0.3, -0.25) is 4.99 Å². The Kier molecular flexibility index (Phi) is 4.59. The minimum absolute atomic E-state index is 0.0724. The number of carboxylic acid groups (broad SMARTS) is 1. The van der Waals surface area contributed by atoms with Crippen molar-refractivity contribution in [2.75, 3.05) is 7.11 Å². The number of nitrogens with zero attached hydrogens (tertiary/aromatic N) is 1. The quantitative estimate of drug-likeness (QED) is 0.861. The highest BCUT2D eigenvalue weighted by molar-refractivity contribution is 9.10. The lowest BCUT2D eigenvalue weighted by Crippen LogP contribution is -2.00. The van der Waals surface area contributed by atoms with Crippen molar-refractivity contribution in [2.45, 2.75) is 0 Å². The molecule has 0 saturated carbocycles. The second-order valence-corrected chi connectivity index (χ2v) is 5.02. The fourth-order valence-electron chi connectivity index (χ4n) is 1.74. The molecule has 0 amide bonds. The summed E-state index contributed by atoms with van der Waals surface area (Å²) >= 11 is 3.28. The highest BCUT2D eigenvalue weighted by Crippen LogP contribution is 2.30. The number of aromatic carboxylic acids is 1. The van der Waals surface area contributed by atoms with Crippen LogP contribution in [0, 0.1) is 0 Å². The number of rotatable bonds is 4. The van der Waals surface area contributed by atoms with Crippen LogP contribution in [0.1, 0.15) is 15.9 Å². The molecule has 1 N–H and O–H groups in total. The molecule has 0 aliphatic rings. The van der Waals surface area contributed by atoms with E-state index < -0.39 is 5.97 Å². The predicted octanol–water partition coefficient (Wildman–Crippen LogP) is 2.98. The number of carbonyl (C=O) groups is 1. The molecule has 0 atom stereocenters. The largest absolute Gasteiger partial charge is 0.870 e. The third-order valence-electron chi connectivity index (χ3n) is 2.75. The molecule has 108 valence electrons. The monoisotopic (exact) mass is 348 g/mol. The Morgan fingerprint density at radius 1 is 1.38 bits per heavy atom. The summed E-state index contributed by atoms with van der Waals surface area (Å²) in [4.78, 5) is 15.2. The van der Waals surface area contributed by atoms with E-state index in [1.165, 1.54) is 19.4 Å². The third kappa shape index (κ3) is 3.41. The van der Waals surface area contributed by atoms with E-state index in [9.17, 15) is 9.90 Å². The van der Waals surface area contributed by atoms with Crippen LogP contribution in [0.5, 0.6) is 11.5 Å². The number of methoxy groups -OCH3 is 1. The van der Waals surface area contributed by atoms with Crippen LogP contribution < -0.4 is 9.84 Å². The van der Waals surface area contributed by atoms with Gasteiger partial charge in [0.25, 0.3) is 0 Å². The summed E-state index contributed by atoms with van der Waals surface area (Å²) in [5, 5.41) is 21.1. The molecule has 0 fully saturated rings. The zero-order valence-corrected chi connectivity index (χ0v) is 12.6. The van der Waals surface area contributed by atoms with E-state index in [1.807, 2.05) is 0 Å². The number of carboxylic acids is 1. The maximum Gasteiger partial charge on any atom is 0.337 e. The van der Waals surface area contributed by atoms with Crippen LogP contribution >= 0.6 is 15.9 Å². The maximum absolute atomic E-state index is 12.0. The predicted molar refractivity (Wildman–Crippen MR) is 80.8 cm³/mol. The van der Waals surface area contributed by atoms with Crippen molar-refractivity contribution in [3.05, 3.63) is 52.0 Å². The van der Waals surface area contributed by atoms with Gasteiger partial charge in [-0.15, -0.1) is 0 Å². The van der Waals surface area contributed by atoms with Crippen LogP contribution in [0.15, 0.2) is 45.9 Å². The van der Waals surface area contributed by atoms with Crippen molar-refractivity contribution in [1.29, 1.82) is 0 Å². The van der Waals surface area contributed by atoms with Crippen molar-refractivity contribution < 1.29 is 19.7 Å². The molecule has 0 heterocycles. The highest BCUT2D eigenvalue weighted by atomic mass is 79.9. The van der Waals surface area contributed by atoms with Gasteiger partial charge in [-0.2, -0.15) is 0 Å². The Morgan fingerprint density at radius 2 is 2.10 bits per heavy atom. The standard InChI is InChI=1S/C15H12BrNO4/c1-21-13-7-10(16)6-9(14(13)18)8-17-12-5-3-2-4-11(12)15(19)20/h2-8,18H,1H3,(H,19,20)/p-1. The average Bonchev–Trinajstić information content (AvgIpc) is 2.47. The summed E-state index contributed by atoms with van der Waals surface area (Å²) in [6, 6.07) is 9.47. The molecule has 0 aliphatic carbocycles. The summed E-state index contributed by atoms with van der Waals surface area (Å²) in [6.07, 6.45) is 1.33. The summed E-state index contributed by atoms with van der Waals surface area (Å²) in [5.74, 6) is -1.19. The van der Waals surface area contributed by atoms with E-state index in [1.54, 1.807) is 30.3 Å². The third-order valence-corrected chi connectivity index (χ3v) is 3.20. The van der Waals surface area contributed by atoms with Gasteiger partial charge in [0.2, 0.25) is 0 Å². The number of ether oxygens (including phenoxy) is 1. The second-order valence-electron chi connectivity index (χ2n) is 4.11. The van der Waals surface area contributed by atoms with Crippen LogP contribution in [-0.2, 0) is 0 Å². The summed E-state index contributed by atoms with van der Waals surface area (Å²) in [6.45, 7) is 0. The summed E-state index contributed by atoms with van der Waals surface area (Å²) < 4.78 is 5.66. The van der Waals surface area contributed by atoms with Gasteiger partial charge in [-0.05, 0) is 29.8 Å². The number of benzene rings is 2. The minimum atomic E-state index is -1.07. The fourth-order valence-corrected chi connectivity index (χ4v) is 2.20. The van der Waals surface area contributed by atoms with Gasteiger partial charge in [0.15, 0.2) is 0 Å². The minimum Gasteiger partial charge on any atom is -0.870 e. The number of aliphatic imine (C=N–C) groups is 1. The van der Waals surface area contributed by atoms with Gasteiger partial charge in [-0.1, -0.05) is 33.8 Å². The molecule has 0 unspecified atom stereocenters. The van der Waals surface area contributed by atoms with E-state index in [-0.39, 0.29) is 22.7 Å². The first-order valence-corrected chi connectivity index (χ1v) is 6.73. The van der Waals surface area contributed by atoms with Crippen LogP contribution in [0.2, 0.25) is 0 Å². The summed E-state index contributed by atoms with van der Waals surface area (Å²) in [5.41, 5.74) is 0.660. The van der Waals surface area contributed by atoms with Gasteiger partial charge in [0.1, 0.15) is 5.75 Å². The first-order chi connectivity index (χ1) is 10.0. The molecule has 2 rings (SSSR count). The highest BCUT2D eigenvalue weighted by Gasteiger charge is 2.07. The first kappa shape index (κ1) is 15.1. The van der Waals surface area contributed by atoms with Gasteiger partial charge in [0, 0.05) is 10.7 Å². The van der Waals surface area contributed by atoms with Crippen LogP contribution in [0.3, 0.4) is 0 Å². The smallest absolute Gasteiger partial charge is 0.337 e. The van der Waals surface area contributed by atoms with Gasteiger partial charge < -0.3 is 14.9 Å². The van der Waals surface area contributed by atoms with Gasteiger partial charge in [0.05, 0.1) is 18.4 Å². The van der Waals surface area contributed by atoms with Gasteiger partial charge in [-0.25, -0.2) is 4.79 Å². The molecule has 0 saturated heterocycles. The van der Waals surface area contributed by atoms with Crippen molar-refractivity contribution in [2.24, 2.45) is 4.99 Å². The number of halogens is 1. The maximum atomic E-state index is 12.0. The molecule has 0 aromatic heterocycles. The van der Waals surface area contributed by atoms with Crippen LogP contribution in [-0.4, -0.2) is 24.4 Å². The SMILES string of the molecule is COc1cc(Br)cc(C=Nc2ccccc2C(=O)O)c1[O-]. The molecule has 2 aromatic carbocycles. The molecule has 6 heteroatoms. The molecular formula is C15H11BrNO4-. The number of hydrogen-bond donors (Lipinski definition) is 1. The summed E-state index contributed by atoms with van der Waals surface area (Å²) in [7, 11) is 1.41. The number of hydrogen-bond acceptors (Lipinski definition) is 4. The van der Waals surface area contributed by atoms with Crippen molar-refractivity contribution >= 4 is 33.8 Å². The molecule has 2 aromatic rings. The van der Waals surface area contributed by atoms with E-state index in [0.717, 1.165) is 0 Å². The first-order valence-electron chi connectivity index (χ1n) is 5.94. The average molecular weight is 349 g/mol. The molecule has 0 radical (unpaired) electrons. The molecule has 0 bridgehead atoms. The normalized spacial score (nSPS) is 10.8. The zero-order chi connectivity index (χ0) is 15.4. The Bertz CT molecular complexity index is 713. The fraction of sp³-hybridized carbons (Fsp3) is 0.0667. The van der Waals surface area contributed by atoms with Crippen LogP contribution in [0.25, 0.3) is 0 Å². The Morgan fingerprint density at radius 3 is 2.76 bits per heavy atom. The molecule has 0 spiro atoms. The van der Waals surface area contributed by atoms with Crippen LogP contribution in [0.4, 0.5) is 5.69 Å². The lowest BCUT2D eigenvalue weighted by atomic mass is 10.1. The zero-order valence-electron chi connectivity index (χ0n) is 11.0. The Labute approximate surface area is 129 Å². The van der Waals surface area contributed by atoms with Gasteiger partial charge >= 0.3 is 5.97 Å². The topological polar surface area (TPSA) is 82.0 Å².